The van der Waals surface area contributed by atoms with Gasteiger partial charge in [-0.3, -0.25) is 14.8 Å². The average Bonchev–Trinajstić information content (AvgIpc) is 3.46. The van der Waals surface area contributed by atoms with E-state index in [1.807, 2.05) is 36.4 Å². The van der Waals surface area contributed by atoms with E-state index in [1.54, 1.807) is 16.4 Å². The van der Waals surface area contributed by atoms with Crippen LogP contribution in [0.25, 0.3) is 10.8 Å². The lowest BCUT2D eigenvalue weighted by Crippen LogP contribution is -2.43. The summed E-state index contributed by atoms with van der Waals surface area (Å²) < 4.78 is 34.5. The van der Waals surface area contributed by atoms with Gasteiger partial charge in [-0.25, -0.2) is 18.9 Å². The Kier molecular flexibility index (Phi) is 7.89. The number of amides is 2. The number of hydrogen-bond donors (Lipinski definition) is 2. The monoisotopic (exact) mass is 535 g/mol. The van der Waals surface area contributed by atoms with Crippen LogP contribution in [0, 0.1) is 11.6 Å². The van der Waals surface area contributed by atoms with E-state index >= 15 is 0 Å². The lowest BCUT2D eigenvalue weighted by Gasteiger charge is -2.34. The average molecular weight is 536 g/mol. The maximum atomic E-state index is 13.8. The number of halogens is 2. The van der Waals surface area contributed by atoms with E-state index in [-0.39, 0.29) is 31.2 Å². The molecule has 2 heterocycles. The summed E-state index contributed by atoms with van der Waals surface area (Å²) >= 11 is 0. The second kappa shape index (κ2) is 11.7. The highest BCUT2D eigenvalue weighted by atomic mass is 19.2. The molecule has 2 amide bonds. The molecule has 1 aliphatic rings. The first-order valence-corrected chi connectivity index (χ1v) is 12.6. The van der Waals surface area contributed by atoms with Crippen LogP contribution in [0.3, 0.4) is 0 Å². The maximum Gasteiger partial charge on any atom is 0.254 e. The number of nitrogens with one attached hydrogen (secondary N) is 1. The predicted molar refractivity (Wildman–Crippen MR) is 137 cm³/mol. The highest BCUT2D eigenvalue weighted by Gasteiger charge is 2.32. The van der Waals surface area contributed by atoms with Gasteiger partial charge in [0.2, 0.25) is 5.91 Å². The van der Waals surface area contributed by atoms with Gasteiger partial charge in [-0.15, -0.1) is 5.10 Å². The smallest absolute Gasteiger partial charge is 0.254 e. The number of carbonyl (C=O) groups excluding carboxylic acids is 2. The van der Waals surface area contributed by atoms with Gasteiger partial charge in [0.15, 0.2) is 11.6 Å². The molecule has 9 nitrogen and oxygen atoms in total. The third kappa shape index (κ3) is 5.94. The van der Waals surface area contributed by atoms with E-state index in [4.69, 9.17) is 9.94 Å². The lowest BCUT2D eigenvalue weighted by molar-refractivity contribution is -0.129. The molecule has 1 fully saturated rings. The van der Waals surface area contributed by atoms with Crippen molar-refractivity contribution in [2.75, 3.05) is 19.8 Å². The minimum atomic E-state index is -1.10. The Hall–Kier alpha value is -4.22. The second-order valence-corrected chi connectivity index (χ2v) is 9.45. The Balaban J connectivity index is 1.40. The van der Waals surface area contributed by atoms with Crippen LogP contribution < -0.4 is 5.48 Å². The van der Waals surface area contributed by atoms with Crippen LogP contribution in [-0.2, 0) is 16.0 Å². The van der Waals surface area contributed by atoms with Crippen LogP contribution >= 0.6 is 0 Å². The van der Waals surface area contributed by atoms with E-state index < -0.39 is 29.5 Å². The molecule has 39 heavy (non-hydrogen) atoms. The molecule has 5 rings (SSSR count). The molecule has 1 aromatic heterocycles. The first-order valence-electron chi connectivity index (χ1n) is 12.6. The van der Waals surface area contributed by atoms with Gasteiger partial charge in [-0.1, -0.05) is 47.7 Å². The number of benzene rings is 3. The number of carbonyl (C=O) groups is 2. The minimum Gasteiger partial charge on any atom is -0.377 e. The van der Waals surface area contributed by atoms with Crippen molar-refractivity contribution in [2.45, 2.75) is 31.3 Å². The molecular formula is C28H27F2N5O4. The number of morpholine rings is 1. The third-order valence-electron chi connectivity index (χ3n) is 6.91. The highest BCUT2D eigenvalue weighted by molar-refractivity contribution is 5.94. The summed E-state index contributed by atoms with van der Waals surface area (Å²) in [5, 5.41) is 19.8. The predicted octanol–water partition coefficient (Wildman–Crippen LogP) is 3.99. The zero-order valence-electron chi connectivity index (χ0n) is 21.0. The van der Waals surface area contributed by atoms with E-state index in [0.29, 0.717) is 25.1 Å². The van der Waals surface area contributed by atoms with Gasteiger partial charge < -0.3 is 9.64 Å². The van der Waals surface area contributed by atoms with Crippen molar-refractivity contribution in [3.63, 3.8) is 0 Å². The summed E-state index contributed by atoms with van der Waals surface area (Å²) in [6.07, 6.45) is 2.70. The fourth-order valence-electron chi connectivity index (χ4n) is 4.83. The van der Waals surface area contributed by atoms with Crippen LogP contribution in [0.15, 0.2) is 66.9 Å². The molecule has 0 saturated carbocycles. The van der Waals surface area contributed by atoms with Gasteiger partial charge in [0.25, 0.3) is 5.91 Å². The van der Waals surface area contributed by atoms with Crippen molar-refractivity contribution in [3.05, 3.63) is 95.3 Å². The van der Waals surface area contributed by atoms with Crippen LogP contribution in [-0.4, -0.2) is 56.7 Å². The van der Waals surface area contributed by atoms with Crippen LogP contribution in [0.4, 0.5) is 8.78 Å². The van der Waals surface area contributed by atoms with E-state index in [0.717, 1.165) is 28.5 Å². The van der Waals surface area contributed by atoms with Crippen molar-refractivity contribution in [3.8, 4) is 0 Å². The van der Waals surface area contributed by atoms with Gasteiger partial charge in [-0.05, 0) is 47.4 Å². The second-order valence-electron chi connectivity index (χ2n) is 9.45. The highest BCUT2D eigenvalue weighted by Crippen LogP contribution is 2.28. The molecule has 0 unspecified atom stereocenters. The molecule has 3 aromatic carbocycles. The van der Waals surface area contributed by atoms with Crippen LogP contribution in [0.5, 0.6) is 0 Å². The lowest BCUT2D eigenvalue weighted by atomic mass is 9.99. The fourth-order valence-corrected chi connectivity index (χ4v) is 4.83. The summed E-state index contributed by atoms with van der Waals surface area (Å²) in [5.41, 5.74) is 3.20. The van der Waals surface area contributed by atoms with Gasteiger partial charge in [0, 0.05) is 18.5 Å². The molecule has 0 bridgehead atoms. The largest absolute Gasteiger partial charge is 0.377 e. The van der Waals surface area contributed by atoms with Gasteiger partial charge in [0.1, 0.15) is 11.7 Å². The van der Waals surface area contributed by atoms with E-state index in [1.165, 1.54) is 11.0 Å². The maximum absolute atomic E-state index is 13.8. The molecule has 11 heteroatoms. The molecule has 1 aliphatic heterocycles. The fraction of sp³-hybridized carbons (Fsp3) is 0.286. The first kappa shape index (κ1) is 26.4. The Morgan fingerprint density at radius 2 is 1.90 bits per heavy atom. The molecule has 2 atom stereocenters. The molecule has 1 saturated heterocycles. The summed E-state index contributed by atoms with van der Waals surface area (Å²) in [7, 11) is 0. The van der Waals surface area contributed by atoms with Gasteiger partial charge >= 0.3 is 0 Å². The summed E-state index contributed by atoms with van der Waals surface area (Å²) in [4.78, 5) is 26.5. The number of ether oxygens (including phenoxy) is 1. The Morgan fingerprint density at radius 3 is 2.69 bits per heavy atom. The van der Waals surface area contributed by atoms with Gasteiger partial charge in [-0.2, -0.15) is 0 Å². The number of aromatic nitrogens is 3. The Morgan fingerprint density at radius 1 is 1.08 bits per heavy atom. The third-order valence-corrected chi connectivity index (χ3v) is 6.91. The molecule has 4 aromatic rings. The standard InChI is InChI=1S/C28H27F2N5O4/c29-23-9-7-21(15-24(23)30)28(37)34-11-12-39-17-26(34)25-16-35(33-31-25)22(8-10-27(36)32-38)14-18-5-6-19-3-1-2-4-20(19)13-18/h1-7,9,13,15-16,22,26,38H,8,10-12,14,17H2,(H,32,36)/t22-,26-/m1/s1. The minimum absolute atomic E-state index is 0.0254. The Labute approximate surface area is 222 Å². The van der Waals surface area contributed by atoms with Gasteiger partial charge in [0.05, 0.1) is 25.5 Å². The van der Waals surface area contributed by atoms with Crippen LogP contribution in [0.2, 0.25) is 0 Å². The Bertz CT molecular complexity index is 1490. The molecular weight excluding hydrogens is 508 g/mol. The number of nitrogens with zero attached hydrogens (tertiary/aromatic N) is 4. The summed E-state index contributed by atoms with van der Waals surface area (Å²) in [6.45, 7) is 0.698. The normalized spacial score (nSPS) is 16.3. The topological polar surface area (TPSA) is 110 Å². The number of rotatable bonds is 8. The van der Waals surface area contributed by atoms with Crippen molar-refractivity contribution >= 4 is 22.6 Å². The molecule has 0 radical (unpaired) electrons. The van der Waals surface area contributed by atoms with Crippen molar-refractivity contribution in [1.29, 1.82) is 0 Å². The quantitative estimate of drug-likeness (QED) is 0.261. The molecule has 0 aliphatic carbocycles. The van der Waals surface area contributed by atoms with Crippen molar-refractivity contribution in [1.82, 2.24) is 25.4 Å². The van der Waals surface area contributed by atoms with Crippen LogP contribution in [0.1, 0.15) is 46.5 Å². The SMILES string of the molecule is O=C(CC[C@H](Cc1ccc2ccccc2c1)n1cc([C@H]2COCCN2C(=O)c2ccc(F)c(F)c2)nn1)NO. The summed E-state index contributed by atoms with van der Waals surface area (Å²) in [5.74, 6) is -3.10. The molecule has 0 spiro atoms. The number of hydrogen-bond acceptors (Lipinski definition) is 6. The van der Waals surface area contributed by atoms with Crippen molar-refractivity contribution < 1.29 is 28.3 Å². The zero-order valence-corrected chi connectivity index (χ0v) is 21.0. The number of fused-ring (bicyclic) bond motifs is 1. The first-order chi connectivity index (χ1) is 18.9. The molecule has 2 N–H and O–H groups in total. The molecule has 202 valence electrons. The van der Waals surface area contributed by atoms with E-state index in [2.05, 4.69) is 16.4 Å². The zero-order chi connectivity index (χ0) is 27.4. The van der Waals surface area contributed by atoms with E-state index in [9.17, 15) is 18.4 Å². The van der Waals surface area contributed by atoms with Crippen molar-refractivity contribution in [2.24, 2.45) is 0 Å². The summed E-state index contributed by atoms with van der Waals surface area (Å²) in [6, 6.07) is 16.4. The number of hydroxylamine groups is 1.